The molecule has 1 fully saturated rings. The highest BCUT2D eigenvalue weighted by atomic mass is 32.2. The van der Waals surface area contributed by atoms with E-state index in [9.17, 15) is 17.2 Å². The highest BCUT2D eigenvalue weighted by Gasteiger charge is 2.26. The second kappa shape index (κ2) is 6.08. The first-order chi connectivity index (χ1) is 9.41. The minimum Gasteiger partial charge on any atom is -0.382 e. The van der Waals surface area contributed by atoms with Crippen LogP contribution in [0.25, 0.3) is 0 Å². The number of alkyl halides is 2. The lowest BCUT2D eigenvalue weighted by Crippen LogP contribution is -2.30. The molecule has 1 aliphatic rings. The normalized spacial score (nSPS) is 23.8. The molecule has 0 bridgehead atoms. The van der Waals surface area contributed by atoms with Crippen LogP contribution in [0, 0.1) is 5.92 Å². The van der Waals surface area contributed by atoms with Gasteiger partial charge < -0.3 is 5.32 Å². The van der Waals surface area contributed by atoms with E-state index in [4.69, 9.17) is 0 Å². The molecule has 1 aromatic rings. The van der Waals surface area contributed by atoms with Crippen LogP contribution in [0.2, 0.25) is 0 Å². The van der Waals surface area contributed by atoms with Crippen LogP contribution in [0.15, 0.2) is 29.2 Å². The lowest BCUT2D eigenvalue weighted by Gasteiger charge is -2.30. The Bertz CT molecular complexity index is 543. The first-order valence-corrected chi connectivity index (χ1v) is 8.34. The van der Waals surface area contributed by atoms with Crippen molar-refractivity contribution in [2.45, 2.75) is 49.3 Å². The molecule has 2 atom stereocenters. The van der Waals surface area contributed by atoms with Crippen molar-refractivity contribution >= 4 is 15.5 Å². The second-order valence-corrected chi connectivity index (χ2v) is 7.26. The number of hydrogen-bond acceptors (Lipinski definition) is 3. The Balaban J connectivity index is 2.09. The molecule has 3 nitrogen and oxygen atoms in total. The van der Waals surface area contributed by atoms with Gasteiger partial charge in [0.05, 0.1) is 4.90 Å². The van der Waals surface area contributed by atoms with Crippen molar-refractivity contribution in [3.8, 4) is 0 Å². The standard InChI is InChI=1S/C14H19F2NO2S/c1-10-4-2-3-5-13(10)17-11-6-8-12(9-7-11)20(18,19)14(15)16/h6-10,13-14,17H,2-5H2,1H3. The van der Waals surface area contributed by atoms with Gasteiger partial charge in [-0.1, -0.05) is 19.8 Å². The largest absolute Gasteiger partial charge is 0.382 e. The molecule has 6 heteroatoms. The Morgan fingerprint density at radius 1 is 1.15 bits per heavy atom. The van der Waals surface area contributed by atoms with Crippen LogP contribution in [-0.4, -0.2) is 20.2 Å². The van der Waals surface area contributed by atoms with Crippen LogP contribution < -0.4 is 5.32 Å². The van der Waals surface area contributed by atoms with E-state index >= 15 is 0 Å². The molecule has 1 N–H and O–H groups in total. The Labute approximate surface area is 118 Å². The quantitative estimate of drug-likeness (QED) is 0.923. The minimum absolute atomic E-state index is 0.338. The summed E-state index contributed by atoms with van der Waals surface area (Å²) >= 11 is 0. The number of rotatable bonds is 4. The number of benzene rings is 1. The molecule has 2 rings (SSSR count). The van der Waals surface area contributed by atoms with Crippen molar-refractivity contribution in [2.24, 2.45) is 5.92 Å². The predicted molar refractivity (Wildman–Crippen MR) is 74.7 cm³/mol. The topological polar surface area (TPSA) is 46.2 Å². The SMILES string of the molecule is CC1CCCCC1Nc1ccc(S(=O)(=O)C(F)F)cc1. The van der Waals surface area contributed by atoms with Gasteiger partial charge in [-0.3, -0.25) is 0 Å². The average Bonchev–Trinajstić information content (AvgIpc) is 2.42. The Hall–Kier alpha value is -1.17. The summed E-state index contributed by atoms with van der Waals surface area (Å²) in [5, 5.41) is 3.36. The van der Waals surface area contributed by atoms with Gasteiger partial charge in [-0.15, -0.1) is 0 Å². The first-order valence-electron chi connectivity index (χ1n) is 6.80. The molecule has 1 aromatic carbocycles. The molecule has 0 saturated heterocycles. The first kappa shape index (κ1) is 15.2. The van der Waals surface area contributed by atoms with Crippen molar-refractivity contribution < 1.29 is 17.2 Å². The third kappa shape index (κ3) is 3.29. The molecule has 0 heterocycles. The van der Waals surface area contributed by atoms with Gasteiger partial charge in [0.15, 0.2) is 0 Å². The van der Waals surface area contributed by atoms with Gasteiger partial charge in [0.2, 0.25) is 9.84 Å². The van der Waals surface area contributed by atoms with E-state index in [1.54, 1.807) is 12.1 Å². The summed E-state index contributed by atoms with van der Waals surface area (Å²) in [4.78, 5) is -0.338. The van der Waals surface area contributed by atoms with E-state index in [0.717, 1.165) is 12.1 Å². The zero-order chi connectivity index (χ0) is 14.8. The van der Waals surface area contributed by atoms with Crippen molar-refractivity contribution in [1.82, 2.24) is 0 Å². The molecule has 0 spiro atoms. The van der Waals surface area contributed by atoms with Crippen molar-refractivity contribution in [3.63, 3.8) is 0 Å². The van der Waals surface area contributed by atoms with E-state index in [0.29, 0.717) is 12.0 Å². The molecule has 0 radical (unpaired) electrons. The third-order valence-electron chi connectivity index (χ3n) is 3.88. The van der Waals surface area contributed by atoms with Gasteiger partial charge in [0.1, 0.15) is 0 Å². The molecular formula is C14H19F2NO2S. The maximum atomic E-state index is 12.4. The maximum absolute atomic E-state index is 12.4. The second-order valence-electron chi connectivity index (χ2n) is 5.34. The zero-order valence-electron chi connectivity index (χ0n) is 11.4. The van der Waals surface area contributed by atoms with Crippen LogP contribution in [0.3, 0.4) is 0 Å². The summed E-state index contributed by atoms with van der Waals surface area (Å²) in [5.41, 5.74) is 0.775. The fraction of sp³-hybridized carbons (Fsp3) is 0.571. The van der Waals surface area contributed by atoms with E-state index in [1.165, 1.54) is 31.4 Å². The van der Waals surface area contributed by atoms with Crippen LogP contribution >= 0.6 is 0 Å². The highest BCUT2D eigenvalue weighted by Crippen LogP contribution is 2.27. The van der Waals surface area contributed by atoms with Crippen LogP contribution in [0.1, 0.15) is 32.6 Å². The van der Waals surface area contributed by atoms with E-state index < -0.39 is 15.6 Å². The van der Waals surface area contributed by atoms with Crippen LogP contribution in [-0.2, 0) is 9.84 Å². The molecular weight excluding hydrogens is 284 g/mol. The fourth-order valence-corrected chi connectivity index (χ4v) is 3.31. The summed E-state index contributed by atoms with van der Waals surface area (Å²) in [5.74, 6) is -2.81. The molecule has 1 aliphatic carbocycles. The Morgan fingerprint density at radius 2 is 1.75 bits per heavy atom. The predicted octanol–water partition coefficient (Wildman–Crippen LogP) is 3.67. The summed E-state index contributed by atoms with van der Waals surface area (Å²) < 4.78 is 47.5. The molecule has 112 valence electrons. The Kier molecular flexibility index (Phi) is 4.62. The average molecular weight is 303 g/mol. The van der Waals surface area contributed by atoms with Crippen molar-refractivity contribution in [3.05, 3.63) is 24.3 Å². The molecule has 0 amide bonds. The summed E-state index contributed by atoms with van der Waals surface area (Å²) in [7, 11) is -4.50. The van der Waals surface area contributed by atoms with E-state index in [1.807, 2.05) is 0 Å². The number of hydrogen-bond donors (Lipinski definition) is 1. The number of nitrogens with one attached hydrogen (secondary N) is 1. The van der Waals surface area contributed by atoms with Crippen molar-refractivity contribution in [2.75, 3.05) is 5.32 Å². The number of halogens is 2. The smallest absolute Gasteiger partial charge is 0.341 e. The van der Waals surface area contributed by atoms with Gasteiger partial charge >= 0.3 is 5.76 Å². The fourth-order valence-electron chi connectivity index (χ4n) is 2.59. The molecule has 1 saturated carbocycles. The van der Waals surface area contributed by atoms with Gasteiger partial charge in [0.25, 0.3) is 0 Å². The van der Waals surface area contributed by atoms with Gasteiger partial charge in [-0.2, -0.15) is 8.78 Å². The van der Waals surface area contributed by atoms with Gasteiger partial charge in [-0.05, 0) is 43.0 Å². The highest BCUT2D eigenvalue weighted by molar-refractivity contribution is 7.91. The van der Waals surface area contributed by atoms with Crippen molar-refractivity contribution in [1.29, 1.82) is 0 Å². The monoisotopic (exact) mass is 303 g/mol. The van der Waals surface area contributed by atoms with Crippen LogP contribution in [0.4, 0.5) is 14.5 Å². The molecule has 20 heavy (non-hydrogen) atoms. The van der Waals surface area contributed by atoms with Gasteiger partial charge in [-0.25, -0.2) is 8.42 Å². The summed E-state index contributed by atoms with van der Waals surface area (Å²) in [6, 6.07) is 5.93. The summed E-state index contributed by atoms with van der Waals surface area (Å²) in [6.07, 6.45) is 4.68. The lowest BCUT2D eigenvalue weighted by atomic mass is 9.86. The molecule has 0 aliphatic heterocycles. The zero-order valence-corrected chi connectivity index (χ0v) is 12.2. The summed E-state index contributed by atoms with van der Waals surface area (Å²) in [6.45, 7) is 2.19. The minimum atomic E-state index is -4.50. The number of sulfone groups is 1. The maximum Gasteiger partial charge on any atom is 0.341 e. The third-order valence-corrected chi connectivity index (χ3v) is 5.28. The molecule has 2 unspecified atom stereocenters. The lowest BCUT2D eigenvalue weighted by molar-refractivity contribution is 0.234. The van der Waals surface area contributed by atoms with Gasteiger partial charge in [0, 0.05) is 11.7 Å². The molecule has 0 aromatic heterocycles. The van der Waals surface area contributed by atoms with E-state index in [2.05, 4.69) is 12.2 Å². The van der Waals surface area contributed by atoms with Crippen LogP contribution in [0.5, 0.6) is 0 Å². The Morgan fingerprint density at radius 3 is 2.30 bits per heavy atom. The number of anilines is 1. The van der Waals surface area contributed by atoms with E-state index in [-0.39, 0.29) is 4.90 Å².